The van der Waals surface area contributed by atoms with Crippen LogP contribution in [0.4, 0.5) is 0 Å². The fourth-order valence-electron chi connectivity index (χ4n) is 2.88. The fraction of sp³-hybridized carbons (Fsp3) is 0.500. The lowest BCUT2D eigenvalue weighted by Crippen LogP contribution is -2.40. The fourth-order valence-corrected chi connectivity index (χ4v) is 2.88. The first-order chi connectivity index (χ1) is 11.8. The molecule has 1 unspecified atom stereocenters. The number of rotatable bonds is 6. The number of ether oxygens (including phenoxy) is 2. The largest absolute Gasteiger partial charge is 0.383 e. The molecule has 126 valence electrons. The van der Waals surface area contributed by atoms with Crippen molar-refractivity contribution in [3.63, 3.8) is 0 Å². The molecule has 24 heavy (non-hydrogen) atoms. The van der Waals surface area contributed by atoms with E-state index in [1.165, 1.54) is 0 Å². The van der Waals surface area contributed by atoms with Crippen LogP contribution in [0.2, 0.25) is 0 Å². The standard InChI is InChI=1S/C16H20N6O2/c1-23-8-7-22-16(18-19-20-22)15(21-5-9-24-10-6-21)14-4-2-3-13(11-14)12-17/h2-4,11,15H,5-10H2,1H3. The topological polar surface area (TPSA) is 89.1 Å². The average Bonchev–Trinajstić information content (AvgIpc) is 3.09. The van der Waals surface area contributed by atoms with Crippen LogP contribution in [-0.4, -0.2) is 65.1 Å². The van der Waals surface area contributed by atoms with E-state index in [2.05, 4.69) is 26.5 Å². The third kappa shape index (κ3) is 3.59. The molecule has 1 saturated heterocycles. The Morgan fingerprint density at radius 2 is 2.21 bits per heavy atom. The van der Waals surface area contributed by atoms with Gasteiger partial charge >= 0.3 is 0 Å². The van der Waals surface area contributed by atoms with Gasteiger partial charge in [-0.3, -0.25) is 4.90 Å². The zero-order valence-electron chi connectivity index (χ0n) is 13.6. The van der Waals surface area contributed by atoms with E-state index in [0.29, 0.717) is 31.9 Å². The van der Waals surface area contributed by atoms with Gasteiger partial charge in [-0.15, -0.1) is 5.10 Å². The van der Waals surface area contributed by atoms with E-state index in [0.717, 1.165) is 24.5 Å². The summed E-state index contributed by atoms with van der Waals surface area (Å²) in [6, 6.07) is 9.68. The summed E-state index contributed by atoms with van der Waals surface area (Å²) in [4.78, 5) is 2.29. The summed E-state index contributed by atoms with van der Waals surface area (Å²) in [6.45, 7) is 4.04. The molecule has 0 bridgehead atoms. The predicted octanol–water partition coefficient (Wildman–Crippen LogP) is 0.613. The second-order valence-corrected chi connectivity index (χ2v) is 5.54. The third-order valence-corrected chi connectivity index (χ3v) is 4.05. The molecule has 0 radical (unpaired) electrons. The first-order valence-electron chi connectivity index (χ1n) is 7.90. The van der Waals surface area contributed by atoms with Gasteiger partial charge in [-0.25, -0.2) is 4.68 Å². The molecule has 0 aliphatic carbocycles. The summed E-state index contributed by atoms with van der Waals surface area (Å²) in [5, 5.41) is 21.4. The molecule has 1 aliphatic heterocycles. The van der Waals surface area contributed by atoms with Crippen molar-refractivity contribution in [2.75, 3.05) is 40.0 Å². The highest BCUT2D eigenvalue weighted by Gasteiger charge is 2.29. The Balaban J connectivity index is 1.98. The van der Waals surface area contributed by atoms with Gasteiger partial charge in [0.15, 0.2) is 5.82 Å². The Kier molecular flexibility index (Phi) is 5.48. The molecule has 1 aliphatic rings. The van der Waals surface area contributed by atoms with Gasteiger partial charge in [-0.05, 0) is 28.1 Å². The molecule has 8 nitrogen and oxygen atoms in total. The molecule has 0 saturated carbocycles. The lowest BCUT2D eigenvalue weighted by Gasteiger charge is -2.34. The first-order valence-corrected chi connectivity index (χ1v) is 7.90. The summed E-state index contributed by atoms with van der Waals surface area (Å²) in [5.74, 6) is 0.754. The molecule has 0 amide bonds. The smallest absolute Gasteiger partial charge is 0.173 e. The van der Waals surface area contributed by atoms with Crippen LogP contribution in [0.25, 0.3) is 0 Å². The number of nitrogens with zero attached hydrogens (tertiary/aromatic N) is 6. The predicted molar refractivity (Wildman–Crippen MR) is 85.1 cm³/mol. The average molecular weight is 328 g/mol. The Morgan fingerprint density at radius 1 is 1.38 bits per heavy atom. The molecule has 2 aromatic rings. The number of tetrazole rings is 1. The number of benzene rings is 1. The van der Waals surface area contributed by atoms with E-state index in [1.807, 2.05) is 18.2 Å². The highest BCUT2D eigenvalue weighted by molar-refractivity contribution is 5.36. The molecule has 0 spiro atoms. The minimum Gasteiger partial charge on any atom is -0.383 e. The molecule has 8 heteroatoms. The lowest BCUT2D eigenvalue weighted by atomic mass is 10.0. The summed E-state index contributed by atoms with van der Waals surface area (Å²) in [7, 11) is 1.65. The summed E-state index contributed by atoms with van der Waals surface area (Å²) < 4.78 is 12.4. The van der Waals surface area contributed by atoms with Gasteiger partial charge in [0.25, 0.3) is 0 Å². The maximum absolute atomic E-state index is 9.21. The lowest BCUT2D eigenvalue weighted by molar-refractivity contribution is 0.0213. The molecule has 0 N–H and O–H groups in total. The molecule has 1 aromatic heterocycles. The normalized spacial score (nSPS) is 16.7. The van der Waals surface area contributed by atoms with E-state index >= 15 is 0 Å². The minimum atomic E-state index is -0.117. The SMILES string of the molecule is COCCn1nnnc1C(c1cccc(C#N)c1)N1CCOCC1. The van der Waals surface area contributed by atoms with Gasteiger partial charge in [0.2, 0.25) is 0 Å². The van der Waals surface area contributed by atoms with Crippen LogP contribution < -0.4 is 0 Å². The molecular formula is C16H20N6O2. The monoisotopic (exact) mass is 328 g/mol. The van der Waals surface area contributed by atoms with Crippen molar-refractivity contribution in [2.24, 2.45) is 0 Å². The van der Waals surface area contributed by atoms with Gasteiger partial charge in [-0.1, -0.05) is 12.1 Å². The Hall–Kier alpha value is -2.34. The van der Waals surface area contributed by atoms with Crippen molar-refractivity contribution in [1.82, 2.24) is 25.1 Å². The Labute approximate surface area is 140 Å². The van der Waals surface area contributed by atoms with Gasteiger partial charge < -0.3 is 9.47 Å². The quantitative estimate of drug-likeness (QED) is 0.767. The van der Waals surface area contributed by atoms with Crippen LogP contribution >= 0.6 is 0 Å². The van der Waals surface area contributed by atoms with Crippen LogP contribution in [0.15, 0.2) is 24.3 Å². The summed E-state index contributed by atoms with van der Waals surface area (Å²) in [6.07, 6.45) is 0. The van der Waals surface area contributed by atoms with E-state index in [-0.39, 0.29) is 6.04 Å². The maximum atomic E-state index is 9.21. The highest BCUT2D eigenvalue weighted by Crippen LogP contribution is 2.28. The number of methoxy groups -OCH3 is 1. The van der Waals surface area contributed by atoms with Crippen LogP contribution in [0.5, 0.6) is 0 Å². The number of hydrogen-bond acceptors (Lipinski definition) is 7. The van der Waals surface area contributed by atoms with Crippen molar-refractivity contribution in [3.05, 3.63) is 41.2 Å². The van der Waals surface area contributed by atoms with Crippen LogP contribution in [-0.2, 0) is 16.0 Å². The molecule has 3 rings (SSSR count). The number of aromatic nitrogens is 4. The zero-order valence-corrected chi connectivity index (χ0v) is 13.6. The number of nitriles is 1. The van der Waals surface area contributed by atoms with Crippen molar-refractivity contribution in [3.8, 4) is 6.07 Å². The van der Waals surface area contributed by atoms with Gasteiger partial charge in [0, 0.05) is 20.2 Å². The van der Waals surface area contributed by atoms with Crippen molar-refractivity contribution < 1.29 is 9.47 Å². The molecule has 2 heterocycles. The molecule has 1 fully saturated rings. The third-order valence-electron chi connectivity index (χ3n) is 4.05. The summed E-state index contributed by atoms with van der Waals surface area (Å²) in [5.41, 5.74) is 1.63. The van der Waals surface area contributed by atoms with E-state index < -0.39 is 0 Å². The number of morpholine rings is 1. The minimum absolute atomic E-state index is 0.117. The van der Waals surface area contributed by atoms with Crippen molar-refractivity contribution >= 4 is 0 Å². The van der Waals surface area contributed by atoms with E-state index in [4.69, 9.17) is 9.47 Å². The van der Waals surface area contributed by atoms with Crippen molar-refractivity contribution in [2.45, 2.75) is 12.6 Å². The second-order valence-electron chi connectivity index (χ2n) is 5.54. The molecular weight excluding hydrogens is 308 g/mol. The number of hydrogen-bond donors (Lipinski definition) is 0. The maximum Gasteiger partial charge on any atom is 0.173 e. The van der Waals surface area contributed by atoms with Gasteiger partial charge in [0.1, 0.15) is 0 Å². The molecule has 1 aromatic carbocycles. The Bertz CT molecular complexity index is 705. The second kappa shape index (κ2) is 7.97. The summed E-state index contributed by atoms with van der Waals surface area (Å²) >= 11 is 0. The molecule has 1 atom stereocenters. The van der Waals surface area contributed by atoms with Gasteiger partial charge in [-0.2, -0.15) is 5.26 Å². The van der Waals surface area contributed by atoms with Crippen LogP contribution in [0.1, 0.15) is 23.0 Å². The Morgan fingerprint density at radius 3 is 2.96 bits per heavy atom. The zero-order chi connectivity index (χ0) is 16.8. The van der Waals surface area contributed by atoms with E-state index in [1.54, 1.807) is 17.9 Å². The van der Waals surface area contributed by atoms with Crippen LogP contribution in [0, 0.1) is 11.3 Å². The van der Waals surface area contributed by atoms with Crippen LogP contribution in [0.3, 0.4) is 0 Å². The van der Waals surface area contributed by atoms with Crippen molar-refractivity contribution in [1.29, 1.82) is 5.26 Å². The van der Waals surface area contributed by atoms with E-state index in [9.17, 15) is 5.26 Å². The highest BCUT2D eigenvalue weighted by atomic mass is 16.5. The van der Waals surface area contributed by atoms with Gasteiger partial charge in [0.05, 0.1) is 44.0 Å². The first kappa shape index (κ1) is 16.5.